The van der Waals surface area contributed by atoms with E-state index < -0.39 is 17.8 Å². The van der Waals surface area contributed by atoms with Gasteiger partial charge in [0.1, 0.15) is 10.7 Å². The molecule has 2 amide bonds. The molecule has 1 aliphatic rings. The molecular weight excluding hydrogens is 412 g/mol. The van der Waals surface area contributed by atoms with Crippen molar-refractivity contribution in [3.63, 3.8) is 0 Å². The van der Waals surface area contributed by atoms with E-state index in [2.05, 4.69) is 21.2 Å². The highest BCUT2D eigenvalue weighted by atomic mass is 79.9. The number of benzene rings is 2. The number of carboxylic acids is 1. The second-order valence-electron chi connectivity index (χ2n) is 5.12. The summed E-state index contributed by atoms with van der Waals surface area (Å²) in [4.78, 5) is 36.9. The van der Waals surface area contributed by atoms with E-state index in [0.717, 1.165) is 9.37 Å². The van der Waals surface area contributed by atoms with Gasteiger partial charge in [-0.1, -0.05) is 33.6 Å². The molecule has 0 bridgehead atoms. The number of imide groups is 1. The normalized spacial score (nSPS) is 14.2. The van der Waals surface area contributed by atoms with Crippen molar-refractivity contribution in [2.24, 2.45) is 0 Å². The number of anilines is 2. The predicted octanol–water partition coefficient (Wildman–Crippen LogP) is 3.58. The van der Waals surface area contributed by atoms with Crippen molar-refractivity contribution in [3.05, 3.63) is 69.3 Å². The smallest absolute Gasteiger partial charge is 0.335 e. The average molecular weight is 422 g/mol. The molecule has 0 saturated heterocycles. The fourth-order valence-electron chi connectivity index (χ4n) is 2.31. The van der Waals surface area contributed by atoms with Crippen LogP contribution in [0, 0.1) is 0 Å². The third-order valence-electron chi connectivity index (χ3n) is 3.49. The lowest BCUT2D eigenvalue weighted by Gasteiger charge is -2.15. The Kier molecular flexibility index (Phi) is 4.61. The van der Waals surface area contributed by atoms with Crippen LogP contribution in [0.4, 0.5) is 11.4 Å². The van der Waals surface area contributed by atoms with Gasteiger partial charge >= 0.3 is 5.97 Å². The van der Waals surface area contributed by atoms with Gasteiger partial charge in [-0.25, -0.2) is 9.69 Å². The topological polar surface area (TPSA) is 86.7 Å². The molecule has 0 spiro atoms. The Balaban J connectivity index is 1.91. The number of carbonyl (C=O) groups is 3. The molecule has 0 unspecified atom stereocenters. The second-order valence-corrected chi connectivity index (χ2v) is 6.42. The Morgan fingerprint density at radius 2 is 1.76 bits per heavy atom. The van der Waals surface area contributed by atoms with Crippen LogP contribution >= 0.6 is 27.5 Å². The molecule has 0 aromatic heterocycles. The van der Waals surface area contributed by atoms with Crippen molar-refractivity contribution in [2.75, 3.05) is 10.2 Å². The quantitative estimate of drug-likeness (QED) is 0.737. The molecule has 0 fully saturated rings. The number of rotatable bonds is 4. The average Bonchev–Trinajstić information content (AvgIpc) is 2.80. The summed E-state index contributed by atoms with van der Waals surface area (Å²) in [6, 6.07) is 12.5. The highest BCUT2D eigenvalue weighted by Crippen LogP contribution is 2.30. The van der Waals surface area contributed by atoms with Gasteiger partial charge in [0.15, 0.2) is 0 Å². The lowest BCUT2D eigenvalue weighted by Crippen LogP contribution is -2.32. The first-order chi connectivity index (χ1) is 11.9. The van der Waals surface area contributed by atoms with E-state index in [-0.39, 0.29) is 16.3 Å². The number of carbonyl (C=O) groups excluding carboxylic acids is 2. The zero-order valence-electron chi connectivity index (χ0n) is 12.5. The summed E-state index contributed by atoms with van der Waals surface area (Å²) in [7, 11) is 0. The van der Waals surface area contributed by atoms with E-state index >= 15 is 0 Å². The first-order valence-corrected chi connectivity index (χ1v) is 8.20. The van der Waals surface area contributed by atoms with E-state index in [0.29, 0.717) is 11.4 Å². The largest absolute Gasteiger partial charge is 0.478 e. The Labute approximate surface area is 155 Å². The van der Waals surface area contributed by atoms with Crippen LogP contribution in [0.2, 0.25) is 0 Å². The van der Waals surface area contributed by atoms with Gasteiger partial charge in [-0.15, -0.1) is 0 Å². The number of aromatic carboxylic acids is 1. The summed E-state index contributed by atoms with van der Waals surface area (Å²) >= 11 is 9.32. The molecule has 0 aliphatic carbocycles. The van der Waals surface area contributed by atoms with Gasteiger partial charge in [0, 0.05) is 10.2 Å². The van der Waals surface area contributed by atoms with E-state index in [4.69, 9.17) is 16.7 Å². The number of hydrogen-bond acceptors (Lipinski definition) is 4. The summed E-state index contributed by atoms with van der Waals surface area (Å²) in [5.74, 6) is -2.36. The van der Waals surface area contributed by atoms with Gasteiger partial charge in [-0.05, 0) is 42.5 Å². The monoisotopic (exact) mass is 420 g/mol. The fourth-order valence-corrected chi connectivity index (χ4v) is 2.79. The van der Waals surface area contributed by atoms with Crippen LogP contribution in [-0.2, 0) is 9.59 Å². The molecule has 8 heteroatoms. The van der Waals surface area contributed by atoms with Gasteiger partial charge < -0.3 is 10.4 Å². The van der Waals surface area contributed by atoms with Crippen molar-refractivity contribution >= 4 is 56.7 Å². The fraction of sp³-hybridized carbons (Fsp3) is 0. The number of nitrogens with zero attached hydrogens (tertiary/aromatic N) is 1. The van der Waals surface area contributed by atoms with Crippen molar-refractivity contribution in [1.82, 2.24) is 0 Å². The molecule has 1 aliphatic heterocycles. The molecule has 1 heterocycles. The van der Waals surface area contributed by atoms with Crippen LogP contribution < -0.4 is 10.2 Å². The zero-order valence-corrected chi connectivity index (χ0v) is 14.8. The third kappa shape index (κ3) is 3.29. The number of carboxylic acid groups (broad SMARTS) is 1. The highest BCUT2D eigenvalue weighted by Gasteiger charge is 2.38. The Morgan fingerprint density at radius 3 is 2.40 bits per heavy atom. The van der Waals surface area contributed by atoms with Gasteiger partial charge in [0.2, 0.25) is 0 Å². The summed E-state index contributed by atoms with van der Waals surface area (Å²) < 4.78 is 0.804. The summed E-state index contributed by atoms with van der Waals surface area (Å²) in [6.07, 6.45) is 0. The zero-order chi connectivity index (χ0) is 18.1. The number of hydrogen-bond donors (Lipinski definition) is 2. The van der Waals surface area contributed by atoms with Gasteiger partial charge in [-0.2, -0.15) is 0 Å². The Morgan fingerprint density at radius 1 is 1.08 bits per heavy atom. The first kappa shape index (κ1) is 17.2. The highest BCUT2D eigenvalue weighted by molar-refractivity contribution is 9.10. The van der Waals surface area contributed by atoms with Crippen LogP contribution in [0.5, 0.6) is 0 Å². The van der Waals surface area contributed by atoms with Crippen LogP contribution in [0.3, 0.4) is 0 Å². The van der Waals surface area contributed by atoms with Gasteiger partial charge in [0.05, 0.1) is 11.3 Å². The summed E-state index contributed by atoms with van der Waals surface area (Å²) in [5, 5.41) is 11.5. The van der Waals surface area contributed by atoms with Crippen LogP contribution in [0.25, 0.3) is 0 Å². The molecule has 2 aromatic rings. The minimum absolute atomic E-state index is 0.0447. The molecular formula is C17H10BrClN2O4. The van der Waals surface area contributed by atoms with Crippen molar-refractivity contribution in [1.29, 1.82) is 0 Å². The van der Waals surface area contributed by atoms with Crippen LogP contribution in [-0.4, -0.2) is 22.9 Å². The van der Waals surface area contributed by atoms with Crippen molar-refractivity contribution in [2.45, 2.75) is 0 Å². The third-order valence-corrected chi connectivity index (χ3v) is 4.37. The summed E-state index contributed by atoms with van der Waals surface area (Å²) in [5.41, 5.74) is 0.666. The predicted molar refractivity (Wildman–Crippen MR) is 96.5 cm³/mol. The van der Waals surface area contributed by atoms with Gasteiger partial charge in [0.25, 0.3) is 11.8 Å². The van der Waals surface area contributed by atoms with Crippen molar-refractivity contribution < 1.29 is 19.5 Å². The molecule has 2 N–H and O–H groups in total. The van der Waals surface area contributed by atoms with Crippen LogP contribution in [0.15, 0.2) is 63.7 Å². The van der Waals surface area contributed by atoms with Gasteiger partial charge in [-0.3, -0.25) is 9.59 Å². The summed E-state index contributed by atoms with van der Waals surface area (Å²) in [6.45, 7) is 0. The number of amides is 2. The molecule has 3 rings (SSSR count). The first-order valence-electron chi connectivity index (χ1n) is 7.03. The standard InChI is InChI=1S/C17H10BrClN2O4/c18-10-4-6-12(7-5-10)21-15(22)13(19)14(16(21)23)20-11-3-1-2-9(8-11)17(24)25/h1-8,20H,(H,24,25). The maximum absolute atomic E-state index is 12.6. The minimum Gasteiger partial charge on any atom is -0.478 e. The lowest BCUT2D eigenvalue weighted by molar-refractivity contribution is -0.120. The Bertz CT molecular complexity index is 925. The molecule has 126 valence electrons. The Hall–Kier alpha value is -2.64. The molecule has 0 saturated carbocycles. The minimum atomic E-state index is -1.10. The number of halogens is 2. The van der Waals surface area contributed by atoms with Crippen LogP contribution in [0.1, 0.15) is 10.4 Å². The van der Waals surface area contributed by atoms with E-state index in [1.165, 1.54) is 18.2 Å². The molecule has 0 radical (unpaired) electrons. The lowest BCUT2D eigenvalue weighted by atomic mass is 10.2. The molecule has 6 nitrogen and oxygen atoms in total. The van der Waals surface area contributed by atoms with E-state index in [9.17, 15) is 14.4 Å². The van der Waals surface area contributed by atoms with E-state index in [1.54, 1.807) is 30.3 Å². The maximum Gasteiger partial charge on any atom is 0.335 e. The number of nitrogens with one attached hydrogen (secondary N) is 1. The molecule has 2 aromatic carbocycles. The maximum atomic E-state index is 12.6. The van der Waals surface area contributed by atoms with Crippen molar-refractivity contribution in [3.8, 4) is 0 Å². The SMILES string of the molecule is O=C(O)c1cccc(NC2=C(Cl)C(=O)N(c3ccc(Br)cc3)C2=O)c1. The second kappa shape index (κ2) is 6.70. The van der Waals surface area contributed by atoms with E-state index in [1.807, 2.05) is 0 Å². The molecule has 25 heavy (non-hydrogen) atoms. The molecule has 0 atom stereocenters.